The van der Waals surface area contributed by atoms with E-state index in [1.54, 1.807) is 36.9 Å². The first-order valence-electron chi connectivity index (χ1n) is 16.0. The molecule has 0 aliphatic rings. The number of amides is 1. The van der Waals surface area contributed by atoms with Crippen molar-refractivity contribution in [3.05, 3.63) is 80.6 Å². The van der Waals surface area contributed by atoms with E-state index in [1.807, 2.05) is 58.9 Å². The first-order valence-corrected chi connectivity index (χ1v) is 17.3. The lowest BCUT2D eigenvalue weighted by Crippen LogP contribution is -2.51. The molecule has 0 spiro atoms. The van der Waals surface area contributed by atoms with E-state index in [1.165, 1.54) is 24.8 Å². The minimum absolute atomic E-state index is 0.0283. The standard InChI is InChI=1S/C34H47ClN8O5S/c1-23(44)42(21-25-11-9-10-12-27(25)43(46)47)20-19-38-33(5,6)28-39-30(36-17-18-37-34(7,8)29(45)48-32(2,3)4)41-31(40-28)49-22-24-13-15-26(35)16-14-24/h9-16,37-38H,17-22H2,1-8H3,(H,36,39,40,41). The van der Waals surface area contributed by atoms with Crippen molar-refractivity contribution in [2.75, 3.05) is 31.5 Å². The maximum Gasteiger partial charge on any atom is 0.326 e. The minimum Gasteiger partial charge on any atom is -0.459 e. The Hall–Kier alpha value is -3.85. The summed E-state index contributed by atoms with van der Waals surface area (Å²) in [6.07, 6.45) is 0. The summed E-state index contributed by atoms with van der Waals surface area (Å²) in [5, 5.41) is 22.6. The van der Waals surface area contributed by atoms with E-state index < -0.39 is 21.6 Å². The number of nitrogens with zero attached hydrogens (tertiary/aromatic N) is 5. The van der Waals surface area contributed by atoms with Gasteiger partial charge in [-0.15, -0.1) is 0 Å². The summed E-state index contributed by atoms with van der Waals surface area (Å²) in [5.74, 6) is 0.921. The fourth-order valence-electron chi connectivity index (χ4n) is 4.49. The molecule has 0 saturated heterocycles. The Labute approximate surface area is 297 Å². The van der Waals surface area contributed by atoms with Gasteiger partial charge < -0.3 is 25.6 Å². The lowest BCUT2D eigenvalue weighted by Gasteiger charge is -2.29. The molecule has 266 valence electrons. The van der Waals surface area contributed by atoms with Crippen LogP contribution in [0.1, 0.15) is 72.3 Å². The summed E-state index contributed by atoms with van der Waals surface area (Å²) < 4.78 is 5.54. The topological polar surface area (TPSA) is 165 Å². The average molecular weight is 715 g/mol. The van der Waals surface area contributed by atoms with Crippen LogP contribution in [0.2, 0.25) is 5.02 Å². The van der Waals surface area contributed by atoms with Gasteiger partial charge in [0.2, 0.25) is 11.9 Å². The maximum atomic E-state index is 12.6. The summed E-state index contributed by atoms with van der Waals surface area (Å²) in [7, 11) is 0. The molecule has 0 aliphatic heterocycles. The third kappa shape index (κ3) is 12.8. The molecule has 0 bridgehead atoms. The van der Waals surface area contributed by atoms with Gasteiger partial charge in [-0.05, 0) is 66.2 Å². The molecular weight excluding hydrogens is 668 g/mol. The van der Waals surface area contributed by atoms with Gasteiger partial charge in [0, 0.05) is 55.5 Å². The van der Waals surface area contributed by atoms with Crippen LogP contribution in [0.4, 0.5) is 11.6 Å². The number of anilines is 1. The van der Waals surface area contributed by atoms with Crippen LogP contribution in [-0.2, 0) is 32.2 Å². The van der Waals surface area contributed by atoms with Crippen LogP contribution in [0.3, 0.4) is 0 Å². The third-order valence-corrected chi connectivity index (χ3v) is 8.45. The normalized spacial score (nSPS) is 12.0. The van der Waals surface area contributed by atoms with E-state index in [-0.39, 0.29) is 24.1 Å². The molecule has 0 unspecified atom stereocenters. The van der Waals surface area contributed by atoms with Crippen molar-refractivity contribution in [2.45, 2.75) is 89.5 Å². The minimum atomic E-state index is -0.899. The zero-order valence-corrected chi connectivity index (χ0v) is 31.0. The second kappa shape index (κ2) is 17.2. The molecule has 2 aromatic carbocycles. The van der Waals surface area contributed by atoms with Crippen molar-refractivity contribution in [3.63, 3.8) is 0 Å². The number of rotatable bonds is 17. The summed E-state index contributed by atoms with van der Waals surface area (Å²) in [6, 6.07) is 14.0. The molecule has 0 radical (unpaired) electrons. The Balaban J connectivity index is 1.73. The fourth-order valence-corrected chi connectivity index (χ4v) is 5.41. The highest BCUT2D eigenvalue weighted by Gasteiger charge is 2.32. The molecule has 0 aliphatic carbocycles. The van der Waals surface area contributed by atoms with E-state index in [4.69, 9.17) is 26.3 Å². The van der Waals surface area contributed by atoms with Gasteiger partial charge in [0.25, 0.3) is 5.69 Å². The van der Waals surface area contributed by atoms with E-state index >= 15 is 0 Å². The molecule has 3 rings (SSSR count). The van der Waals surface area contributed by atoms with Gasteiger partial charge >= 0.3 is 5.97 Å². The highest BCUT2D eigenvalue weighted by atomic mass is 35.5. The fraction of sp³-hybridized carbons (Fsp3) is 0.500. The van der Waals surface area contributed by atoms with Crippen LogP contribution in [0.5, 0.6) is 0 Å². The zero-order valence-electron chi connectivity index (χ0n) is 29.4. The maximum absolute atomic E-state index is 12.6. The average Bonchev–Trinajstić information content (AvgIpc) is 3.01. The molecule has 1 amide bonds. The van der Waals surface area contributed by atoms with E-state index in [0.29, 0.717) is 59.4 Å². The van der Waals surface area contributed by atoms with Crippen LogP contribution in [-0.4, -0.2) is 74.0 Å². The molecule has 13 nitrogen and oxygen atoms in total. The second-order valence-electron chi connectivity index (χ2n) is 13.5. The highest BCUT2D eigenvalue weighted by molar-refractivity contribution is 7.98. The van der Waals surface area contributed by atoms with Gasteiger partial charge in [-0.2, -0.15) is 9.97 Å². The monoisotopic (exact) mass is 714 g/mol. The summed E-state index contributed by atoms with van der Waals surface area (Å²) in [4.78, 5) is 51.9. The van der Waals surface area contributed by atoms with Crippen LogP contribution >= 0.6 is 23.4 Å². The summed E-state index contributed by atoms with van der Waals surface area (Å²) in [5.41, 5.74) is -0.749. The molecule has 15 heteroatoms. The summed E-state index contributed by atoms with van der Waals surface area (Å²) >= 11 is 7.51. The number of hydrogen-bond acceptors (Lipinski definition) is 12. The van der Waals surface area contributed by atoms with Crippen molar-refractivity contribution in [2.24, 2.45) is 0 Å². The zero-order chi connectivity index (χ0) is 36.4. The number of carbonyl (C=O) groups excluding carboxylic acids is 2. The SMILES string of the molecule is CC(=O)N(CCNC(C)(C)c1nc(NCCNC(C)(C)C(=O)OC(C)(C)C)nc(SCc2ccc(Cl)cc2)n1)Cc1ccccc1[N+](=O)[O-]. The number of nitro benzene ring substituents is 1. The van der Waals surface area contributed by atoms with Crippen molar-refractivity contribution in [1.29, 1.82) is 0 Å². The Bertz CT molecular complexity index is 1600. The van der Waals surface area contributed by atoms with Crippen molar-refractivity contribution in [1.82, 2.24) is 30.5 Å². The van der Waals surface area contributed by atoms with Crippen molar-refractivity contribution < 1.29 is 19.2 Å². The number of carbonyl (C=O) groups is 2. The van der Waals surface area contributed by atoms with Crippen molar-refractivity contribution >= 4 is 46.9 Å². The smallest absolute Gasteiger partial charge is 0.326 e. The largest absolute Gasteiger partial charge is 0.459 e. The van der Waals surface area contributed by atoms with Crippen molar-refractivity contribution in [3.8, 4) is 0 Å². The summed E-state index contributed by atoms with van der Waals surface area (Å²) in [6.45, 7) is 16.0. The van der Waals surface area contributed by atoms with Gasteiger partial charge in [0.1, 0.15) is 11.1 Å². The van der Waals surface area contributed by atoms with Gasteiger partial charge in [-0.1, -0.05) is 53.7 Å². The molecular formula is C34H47ClN8O5S. The van der Waals surface area contributed by atoms with Crippen LogP contribution in [0.15, 0.2) is 53.7 Å². The Morgan fingerprint density at radius 1 is 0.939 bits per heavy atom. The lowest BCUT2D eigenvalue weighted by molar-refractivity contribution is -0.385. The Morgan fingerprint density at radius 3 is 2.24 bits per heavy atom. The molecule has 0 fully saturated rings. The van der Waals surface area contributed by atoms with Gasteiger partial charge in [0.05, 0.1) is 17.0 Å². The van der Waals surface area contributed by atoms with Crippen LogP contribution in [0, 0.1) is 10.1 Å². The number of ether oxygens (including phenoxy) is 1. The first kappa shape index (κ1) is 39.6. The number of aromatic nitrogens is 3. The number of hydrogen-bond donors (Lipinski definition) is 3. The number of benzene rings is 2. The molecule has 0 saturated carbocycles. The number of nitrogens with one attached hydrogen (secondary N) is 3. The van der Waals surface area contributed by atoms with E-state index in [9.17, 15) is 19.7 Å². The first-order chi connectivity index (χ1) is 22.9. The number of para-hydroxylation sites is 1. The van der Waals surface area contributed by atoms with E-state index in [0.717, 1.165) is 5.56 Å². The molecule has 1 aromatic heterocycles. The number of nitro groups is 1. The molecule has 3 N–H and O–H groups in total. The van der Waals surface area contributed by atoms with E-state index in [2.05, 4.69) is 20.9 Å². The van der Waals surface area contributed by atoms with Crippen LogP contribution in [0.25, 0.3) is 0 Å². The lowest BCUT2D eigenvalue weighted by atomic mass is 10.0. The van der Waals surface area contributed by atoms with Gasteiger partial charge in [-0.25, -0.2) is 4.98 Å². The number of halogens is 1. The van der Waals surface area contributed by atoms with Gasteiger partial charge in [0.15, 0.2) is 11.0 Å². The molecule has 3 aromatic rings. The van der Waals surface area contributed by atoms with Crippen LogP contribution < -0.4 is 16.0 Å². The predicted molar refractivity (Wildman–Crippen MR) is 192 cm³/mol. The molecule has 0 atom stereocenters. The quantitative estimate of drug-likeness (QED) is 0.0513. The second-order valence-corrected chi connectivity index (χ2v) is 14.9. The number of esters is 1. The Morgan fingerprint density at radius 2 is 1.61 bits per heavy atom. The van der Waals surface area contributed by atoms with Gasteiger partial charge in [-0.3, -0.25) is 19.7 Å². The highest BCUT2D eigenvalue weighted by Crippen LogP contribution is 2.25. The predicted octanol–water partition coefficient (Wildman–Crippen LogP) is 5.72. The molecule has 49 heavy (non-hydrogen) atoms. The third-order valence-electron chi connectivity index (χ3n) is 7.28. The molecule has 1 heterocycles. The Kier molecular flexibility index (Phi) is 13.9. The number of thioether (sulfide) groups is 1.